The molecule has 2 aromatic rings. The van der Waals surface area contributed by atoms with Crippen LogP contribution in [0.25, 0.3) is 0 Å². The zero-order valence-corrected chi connectivity index (χ0v) is 9.77. The van der Waals surface area contributed by atoms with E-state index in [-0.39, 0.29) is 17.8 Å². The minimum Gasteiger partial charge on any atom is -0.343 e. The SMILES string of the molecule is Cc1nc(C(=O)NC(C)c2ccccc2)n[nH]1. The highest BCUT2D eigenvalue weighted by Gasteiger charge is 2.14. The van der Waals surface area contributed by atoms with Crippen LogP contribution in [0.15, 0.2) is 30.3 Å². The molecule has 0 spiro atoms. The van der Waals surface area contributed by atoms with Crippen molar-refractivity contribution in [1.82, 2.24) is 20.5 Å². The van der Waals surface area contributed by atoms with Crippen molar-refractivity contribution in [2.45, 2.75) is 19.9 Å². The van der Waals surface area contributed by atoms with E-state index in [1.165, 1.54) is 0 Å². The Morgan fingerprint density at radius 1 is 1.35 bits per heavy atom. The molecule has 5 heteroatoms. The van der Waals surface area contributed by atoms with Gasteiger partial charge in [0.05, 0.1) is 6.04 Å². The van der Waals surface area contributed by atoms with Crippen molar-refractivity contribution in [3.63, 3.8) is 0 Å². The van der Waals surface area contributed by atoms with E-state index in [1.807, 2.05) is 37.3 Å². The molecule has 1 unspecified atom stereocenters. The fourth-order valence-corrected chi connectivity index (χ4v) is 1.53. The molecule has 0 aliphatic heterocycles. The molecule has 2 N–H and O–H groups in total. The highest BCUT2D eigenvalue weighted by molar-refractivity contribution is 5.90. The smallest absolute Gasteiger partial charge is 0.291 e. The van der Waals surface area contributed by atoms with Crippen LogP contribution in [0.5, 0.6) is 0 Å². The number of rotatable bonds is 3. The summed E-state index contributed by atoms with van der Waals surface area (Å²) in [5, 5.41) is 9.30. The monoisotopic (exact) mass is 230 g/mol. The molecule has 0 aliphatic carbocycles. The van der Waals surface area contributed by atoms with Gasteiger partial charge in [0, 0.05) is 0 Å². The zero-order valence-electron chi connectivity index (χ0n) is 9.77. The summed E-state index contributed by atoms with van der Waals surface area (Å²) < 4.78 is 0. The first-order valence-electron chi connectivity index (χ1n) is 5.41. The fourth-order valence-electron chi connectivity index (χ4n) is 1.53. The lowest BCUT2D eigenvalue weighted by atomic mass is 10.1. The molecule has 0 bridgehead atoms. The average molecular weight is 230 g/mol. The largest absolute Gasteiger partial charge is 0.343 e. The average Bonchev–Trinajstić information content (AvgIpc) is 2.77. The zero-order chi connectivity index (χ0) is 12.3. The van der Waals surface area contributed by atoms with E-state index in [0.29, 0.717) is 5.82 Å². The first-order valence-corrected chi connectivity index (χ1v) is 5.41. The maximum atomic E-state index is 11.8. The van der Waals surface area contributed by atoms with Gasteiger partial charge >= 0.3 is 0 Å². The van der Waals surface area contributed by atoms with Gasteiger partial charge in [-0.25, -0.2) is 4.98 Å². The Kier molecular flexibility index (Phi) is 3.18. The van der Waals surface area contributed by atoms with E-state index in [1.54, 1.807) is 6.92 Å². The van der Waals surface area contributed by atoms with Crippen LogP contribution in [0.4, 0.5) is 0 Å². The Bertz CT molecular complexity index is 506. The first kappa shape index (κ1) is 11.3. The van der Waals surface area contributed by atoms with Crippen molar-refractivity contribution in [2.75, 3.05) is 0 Å². The van der Waals surface area contributed by atoms with Crippen LogP contribution in [-0.4, -0.2) is 21.1 Å². The van der Waals surface area contributed by atoms with Gasteiger partial charge < -0.3 is 5.32 Å². The highest BCUT2D eigenvalue weighted by atomic mass is 16.2. The molecule has 0 saturated heterocycles. The predicted molar refractivity (Wildman–Crippen MR) is 63.4 cm³/mol. The Morgan fingerprint density at radius 2 is 2.06 bits per heavy atom. The predicted octanol–water partition coefficient (Wildman–Crippen LogP) is 1.60. The van der Waals surface area contributed by atoms with Crippen LogP contribution >= 0.6 is 0 Å². The van der Waals surface area contributed by atoms with Crippen molar-refractivity contribution < 1.29 is 4.79 Å². The van der Waals surface area contributed by atoms with Gasteiger partial charge in [0.25, 0.3) is 5.91 Å². The number of hydrogen-bond donors (Lipinski definition) is 2. The molecule has 1 amide bonds. The van der Waals surface area contributed by atoms with Crippen LogP contribution in [0.2, 0.25) is 0 Å². The second-order valence-electron chi connectivity index (χ2n) is 3.85. The molecule has 5 nitrogen and oxygen atoms in total. The molecule has 1 aromatic carbocycles. The fraction of sp³-hybridized carbons (Fsp3) is 0.250. The molecule has 0 fully saturated rings. The van der Waals surface area contributed by atoms with Crippen LogP contribution in [0.1, 0.15) is 35.0 Å². The summed E-state index contributed by atoms with van der Waals surface area (Å²) in [6.07, 6.45) is 0. The summed E-state index contributed by atoms with van der Waals surface area (Å²) >= 11 is 0. The maximum absolute atomic E-state index is 11.8. The van der Waals surface area contributed by atoms with Gasteiger partial charge in [-0.15, -0.1) is 5.10 Å². The third kappa shape index (κ3) is 2.69. The Morgan fingerprint density at radius 3 is 2.65 bits per heavy atom. The van der Waals surface area contributed by atoms with Gasteiger partial charge in [0.15, 0.2) is 0 Å². The Hall–Kier alpha value is -2.17. The quantitative estimate of drug-likeness (QED) is 0.841. The van der Waals surface area contributed by atoms with Crippen LogP contribution in [-0.2, 0) is 0 Å². The maximum Gasteiger partial charge on any atom is 0.291 e. The van der Waals surface area contributed by atoms with Gasteiger partial charge in [0.2, 0.25) is 5.82 Å². The summed E-state index contributed by atoms with van der Waals surface area (Å²) in [4.78, 5) is 15.8. The molecule has 1 heterocycles. The summed E-state index contributed by atoms with van der Waals surface area (Å²) in [6.45, 7) is 3.68. The van der Waals surface area contributed by atoms with Crippen molar-refractivity contribution in [3.8, 4) is 0 Å². The molecule has 88 valence electrons. The lowest BCUT2D eigenvalue weighted by Gasteiger charge is -2.12. The number of amides is 1. The van der Waals surface area contributed by atoms with Gasteiger partial charge in [-0.1, -0.05) is 30.3 Å². The minimum absolute atomic E-state index is 0.0671. The molecule has 1 atom stereocenters. The molecular weight excluding hydrogens is 216 g/mol. The second-order valence-corrected chi connectivity index (χ2v) is 3.85. The van der Waals surface area contributed by atoms with Gasteiger partial charge in [-0.05, 0) is 19.4 Å². The lowest BCUT2D eigenvalue weighted by Crippen LogP contribution is -2.27. The van der Waals surface area contributed by atoms with E-state index in [9.17, 15) is 4.79 Å². The second kappa shape index (κ2) is 4.78. The van der Waals surface area contributed by atoms with Gasteiger partial charge in [-0.2, -0.15) is 0 Å². The van der Waals surface area contributed by atoms with Crippen LogP contribution in [0.3, 0.4) is 0 Å². The number of aromatic nitrogens is 3. The summed E-state index contributed by atoms with van der Waals surface area (Å²) in [7, 11) is 0. The highest BCUT2D eigenvalue weighted by Crippen LogP contribution is 2.11. The number of hydrogen-bond acceptors (Lipinski definition) is 3. The van der Waals surface area contributed by atoms with Crippen molar-refractivity contribution in [2.24, 2.45) is 0 Å². The van der Waals surface area contributed by atoms with E-state index < -0.39 is 0 Å². The Labute approximate surface area is 99.3 Å². The number of nitrogens with zero attached hydrogens (tertiary/aromatic N) is 2. The Balaban J connectivity index is 2.04. The van der Waals surface area contributed by atoms with E-state index in [4.69, 9.17) is 0 Å². The van der Waals surface area contributed by atoms with Crippen LogP contribution in [0, 0.1) is 6.92 Å². The van der Waals surface area contributed by atoms with Crippen molar-refractivity contribution in [3.05, 3.63) is 47.5 Å². The van der Waals surface area contributed by atoms with E-state index >= 15 is 0 Å². The summed E-state index contributed by atoms with van der Waals surface area (Å²) in [5.74, 6) is 0.526. The summed E-state index contributed by atoms with van der Waals surface area (Å²) in [6, 6.07) is 9.69. The number of aromatic amines is 1. The number of H-pyrrole nitrogens is 1. The third-order valence-corrected chi connectivity index (χ3v) is 2.45. The molecule has 1 aromatic heterocycles. The molecule has 0 saturated carbocycles. The minimum atomic E-state index is -0.272. The molecule has 0 aliphatic rings. The summed E-state index contributed by atoms with van der Waals surface area (Å²) in [5.41, 5.74) is 1.05. The van der Waals surface area contributed by atoms with Gasteiger partial charge in [-0.3, -0.25) is 9.89 Å². The number of benzene rings is 1. The number of aryl methyl sites for hydroxylation is 1. The topological polar surface area (TPSA) is 70.7 Å². The number of carbonyl (C=O) groups excluding carboxylic acids is 1. The van der Waals surface area contributed by atoms with E-state index in [2.05, 4.69) is 20.5 Å². The normalized spacial score (nSPS) is 12.1. The lowest BCUT2D eigenvalue weighted by molar-refractivity contribution is 0.0929. The van der Waals surface area contributed by atoms with Crippen molar-refractivity contribution in [1.29, 1.82) is 0 Å². The standard InChI is InChI=1S/C12H14N4O/c1-8(10-6-4-3-5-7-10)13-12(17)11-14-9(2)15-16-11/h3-8H,1-2H3,(H,13,17)(H,14,15,16). The number of nitrogens with one attached hydrogen (secondary N) is 2. The molecule has 17 heavy (non-hydrogen) atoms. The van der Waals surface area contributed by atoms with Crippen molar-refractivity contribution >= 4 is 5.91 Å². The van der Waals surface area contributed by atoms with Crippen LogP contribution < -0.4 is 5.32 Å². The molecule has 2 rings (SSSR count). The first-order chi connectivity index (χ1) is 8.16. The third-order valence-electron chi connectivity index (χ3n) is 2.45. The molecular formula is C12H14N4O. The van der Waals surface area contributed by atoms with Gasteiger partial charge in [0.1, 0.15) is 5.82 Å². The number of carbonyl (C=O) groups is 1. The van der Waals surface area contributed by atoms with E-state index in [0.717, 1.165) is 5.56 Å². The molecule has 0 radical (unpaired) electrons.